The molecule has 0 radical (unpaired) electrons. The highest BCUT2D eigenvalue weighted by molar-refractivity contribution is 6.06. The number of carbonyl (C=O) groups is 2. The molecule has 3 N–H and O–H groups in total. The molecule has 9 nitrogen and oxygen atoms in total. The number of unbranched alkanes of at least 4 members (excludes halogenated alkanes) is 3. The standard InChI is InChI=1S/C28H35N5O.C9H11NO2.H2/c1-4-5-14-25-31-26-27(22-11-8-9-12-23(22)30-28(26)29)33(25)19-10-6-7-13-24(34)20-15-17-21(18-16-20)32(2)3;1-10(2)8-5-3-7(4-6-8)9(11)12;/h8-9,11-12,15-18H,4-7,10,13-14,19H2,1-3H3,(H2,29,30);3-6H,1-2H3,(H,11,12);1H/i;;1+1. The Hall–Kier alpha value is -4.92. The van der Waals surface area contributed by atoms with Crippen LogP contribution in [0.5, 0.6) is 0 Å². The van der Waals surface area contributed by atoms with E-state index in [1.54, 1.807) is 24.3 Å². The highest BCUT2D eigenvalue weighted by Crippen LogP contribution is 2.30. The van der Waals surface area contributed by atoms with Crippen LogP contribution in [0.2, 0.25) is 0 Å². The average Bonchev–Trinajstić information content (AvgIpc) is 3.43. The minimum Gasteiger partial charge on any atom is -0.478 e. The van der Waals surface area contributed by atoms with Crippen LogP contribution >= 0.6 is 0 Å². The van der Waals surface area contributed by atoms with Crippen LogP contribution in [0.15, 0.2) is 72.8 Å². The molecule has 2 aromatic heterocycles. The molecule has 0 bridgehead atoms. The third kappa shape index (κ3) is 8.41. The zero-order chi connectivity index (χ0) is 33.2. The van der Waals surface area contributed by atoms with Gasteiger partial charge in [0.1, 0.15) is 11.3 Å². The number of para-hydroxylation sites is 1. The number of nitrogen functional groups attached to an aromatic ring is 1. The minimum absolute atomic E-state index is 0. The molecule has 0 saturated heterocycles. The zero-order valence-electron chi connectivity index (χ0n) is 27.7. The molecule has 5 rings (SSSR count). The maximum atomic E-state index is 12.6. The fourth-order valence-electron chi connectivity index (χ4n) is 5.40. The van der Waals surface area contributed by atoms with Crippen LogP contribution < -0.4 is 15.5 Å². The monoisotopic (exact) mass is 625 g/mol. The van der Waals surface area contributed by atoms with Gasteiger partial charge in [-0.2, -0.15) is 0 Å². The Morgan fingerprint density at radius 2 is 1.41 bits per heavy atom. The van der Waals surface area contributed by atoms with Gasteiger partial charge in [0, 0.05) is 71.3 Å². The Morgan fingerprint density at radius 3 is 2.00 bits per heavy atom. The van der Waals surface area contributed by atoms with Gasteiger partial charge in [0.25, 0.3) is 0 Å². The van der Waals surface area contributed by atoms with Gasteiger partial charge in [-0.05, 0) is 73.9 Å². The molecular weight excluding hydrogens is 576 g/mol. The van der Waals surface area contributed by atoms with Gasteiger partial charge in [-0.15, -0.1) is 0 Å². The summed E-state index contributed by atoms with van der Waals surface area (Å²) in [5.74, 6) is 0.905. The number of carbonyl (C=O) groups excluding carboxylic acids is 1. The number of nitrogens with two attached hydrogens (primary N) is 1. The highest BCUT2D eigenvalue weighted by Gasteiger charge is 2.17. The summed E-state index contributed by atoms with van der Waals surface area (Å²) in [5, 5.41) is 9.70. The first-order chi connectivity index (χ1) is 22.1. The smallest absolute Gasteiger partial charge is 0.335 e. The van der Waals surface area contributed by atoms with E-state index in [0.717, 1.165) is 89.8 Å². The summed E-state index contributed by atoms with van der Waals surface area (Å²) in [6, 6.07) is 22.8. The first-order valence-corrected chi connectivity index (χ1v) is 15.9. The number of carboxylic acids is 1. The van der Waals surface area contributed by atoms with Crippen molar-refractivity contribution in [2.75, 3.05) is 43.7 Å². The van der Waals surface area contributed by atoms with Crippen molar-refractivity contribution in [3.05, 3.63) is 89.7 Å². The molecule has 0 aliphatic carbocycles. The van der Waals surface area contributed by atoms with Crippen molar-refractivity contribution in [2.45, 2.75) is 58.4 Å². The molecule has 2 heterocycles. The molecule has 0 aliphatic heterocycles. The predicted molar refractivity (Wildman–Crippen MR) is 191 cm³/mol. The molecule has 0 aliphatic rings. The van der Waals surface area contributed by atoms with E-state index in [1.165, 1.54) is 0 Å². The summed E-state index contributed by atoms with van der Waals surface area (Å²) >= 11 is 0. The third-order valence-electron chi connectivity index (χ3n) is 8.07. The number of fused-ring (bicyclic) bond motifs is 3. The lowest BCUT2D eigenvalue weighted by molar-refractivity contribution is 0.0696. The van der Waals surface area contributed by atoms with Crippen molar-refractivity contribution in [1.82, 2.24) is 14.5 Å². The van der Waals surface area contributed by atoms with E-state index in [1.807, 2.05) is 80.5 Å². The molecule has 0 amide bonds. The summed E-state index contributed by atoms with van der Waals surface area (Å²) in [4.78, 5) is 36.5. The topological polar surface area (TPSA) is 118 Å². The van der Waals surface area contributed by atoms with Gasteiger partial charge in [-0.25, -0.2) is 14.8 Å². The molecular formula is C37H48N6O3. The van der Waals surface area contributed by atoms with Crippen LogP contribution in [-0.2, 0) is 13.0 Å². The lowest BCUT2D eigenvalue weighted by Crippen LogP contribution is -2.09. The Bertz CT molecular complexity index is 1770. The number of benzene rings is 3. The molecule has 0 saturated carbocycles. The largest absolute Gasteiger partial charge is 0.478 e. The molecule has 9 heteroatoms. The van der Waals surface area contributed by atoms with Crippen molar-refractivity contribution >= 4 is 50.9 Å². The van der Waals surface area contributed by atoms with Crippen LogP contribution in [0.3, 0.4) is 0 Å². The van der Waals surface area contributed by atoms with Gasteiger partial charge in [-0.3, -0.25) is 4.79 Å². The number of ketones is 1. The molecule has 5 aromatic rings. The van der Waals surface area contributed by atoms with Gasteiger partial charge in [0.2, 0.25) is 0 Å². The molecule has 3 aromatic carbocycles. The van der Waals surface area contributed by atoms with E-state index >= 15 is 0 Å². The lowest BCUT2D eigenvalue weighted by Gasteiger charge is -2.12. The predicted octanol–water partition coefficient (Wildman–Crippen LogP) is 7.72. The number of hydrogen-bond donors (Lipinski definition) is 2. The Balaban J connectivity index is 0.000000391. The number of hydrogen-bond acceptors (Lipinski definition) is 7. The number of carboxylic acid groups (broad SMARTS) is 1. The van der Waals surface area contributed by atoms with E-state index in [9.17, 15) is 9.59 Å². The van der Waals surface area contributed by atoms with Crippen molar-refractivity contribution in [3.63, 3.8) is 0 Å². The summed E-state index contributed by atoms with van der Waals surface area (Å²) in [5.41, 5.74) is 12.3. The highest BCUT2D eigenvalue weighted by atomic mass is 16.4. The molecule has 46 heavy (non-hydrogen) atoms. The van der Waals surface area contributed by atoms with Crippen LogP contribution in [-0.4, -0.2) is 59.6 Å². The summed E-state index contributed by atoms with van der Waals surface area (Å²) in [6.07, 6.45) is 6.59. The second kappa shape index (κ2) is 15.9. The zero-order valence-corrected chi connectivity index (χ0v) is 27.7. The van der Waals surface area contributed by atoms with Crippen LogP contribution in [0.4, 0.5) is 17.2 Å². The van der Waals surface area contributed by atoms with Gasteiger partial charge >= 0.3 is 5.97 Å². The molecule has 0 fully saturated rings. The summed E-state index contributed by atoms with van der Waals surface area (Å²) in [6.45, 7) is 3.07. The number of aromatic nitrogens is 3. The van der Waals surface area contributed by atoms with Crippen LogP contribution in [0.1, 0.15) is 73.4 Å². The molecule has 244 valence electrons. The number of aryl methyl sites for hydroxylation is 2. The van der Waals surface area contributed by atoms with E-state index in [4.69, 9.17) is 15.8 Å². The van der Waals surface area contributed by atoms with E-state index in [0.29, 0.717) is 17.8 Å². The fraction of sp³-hybridized carbons (Fsp3) is 0.351. The van der Waals surface area contributed by atoms with Crippen LogP contribution in [0.25, 0.3) is 21.9 Å². The molecule has 0 spiro atoms. The third-order valence-corrected chi connectivity index (χ3v) is 8.07. The average molecular weight is 626 g/mol. The number of Topliss-reactive ketones (excluding diaryl/α,β-unsaturated/α-hetero) is 1. The van der Waals surface area contributed by atoms with E-state index in [2.05, 4.69) is 22.5 Å². The first-order valence-electron chi connectivity index (χ1n) is 15.9. The maximum Gasteiger partial charge on any atom is 0.335 e. The van der Waals surface area contributed by atoms with Gasteiger partial charge in [-0.1, -0.05) is 38.0 Å². The Kier molecular flexibility index (Phi) is 11.7. The minimum atomic E-state index is -0.889. The second-order valence-corrected chi connectivity index (χ2v) is 11.9. The normalized spacial score (nSPS) is 10.9. The van der Waals surface area contributed by atoms with Gasteiger partial charge in [0.15, 0.2) is 11.6 Å². The van der Waals surface area contributed by atoms with Gasteiger partial charge in [0.05, 0.1) is 16.6 Å². The maximum absolute atomic E-state index is 12.6. The summed E-state index contributed by atoms with van der Waals surface area (Å²) < 4.78 is 2.34. The SMILES string of the molecule is CCCCc1nc2c(N)nc3ccccc3c2n1CCCCCC(=O)c1ccc(N(C)C)cc1.CN(C)c1ccc(C(=O)O)cc1.[2HH]. The van der Waals surface area contributed by atoms with Gasteiger partial charge < -0.3 is 25.2 Å². The number of anilines is 3. The number of imidazole rings is 1. The fourth-order valence-corrected chi connectivity index (χ4v) is 5.40. The number of pyridine rings is 1. The number of aromatic carboxylic acids is 1. The molecule has 0 unspecified atom stereocenters. The van der Waals surface area contributed by atoms with E-state index in [-0.39, 0.29) is 7.21 Å². The second-order valence-electron chi connectivity index (χ2n) is 11.9. The summed E-state index contributed by atoms with van der Waals surface area (Å²) in [7, 11) is 7.83. The first kappa shape index (κ1) is 34.0. The Morgan fingerprint density at radius 1 is 0.804 bits per heavy atom. The lowest BCUT2D eigenvalue weighted by atomic mass is 10.0. The van der Waals surface area contributed by atoms with Crippen molar-refractivity contribution in [2.24, 2.45) is 0 Å². The van der Waals surface area contributed by atoms with Crippen LogP contribution in [0, 0.1) is 0 Å². The van der Waals surface area contributed by atoms with E-state index < -0.39 is 5.97 Å². The van der Waals surface area contributed by atoms with Crippen molar-refractivity contribution in [3.8, 4) is 0 Å². The number of rotatable bonds is 13. The quantitative estimate of drug-likeness (QED) is 0.101. The van der Waals surface area contributed by atoms with Crippen molar-refractivity contribution < 1.29 is 16.1 Å². The molecule has 0 atom stereocenters. The van der Waals surface area contributed by atoms with Crippen molar-refractivity contribution in [1.29, 1.82) is 0 Å². The number of nitrogens with zero attached hydrogens (tertiary/aromatic N) is 5. The Labute approximate surface area is 273 Å².